The quantitative estimate of drug-likeness (QED) is 0.338. The molecule has 1 rings (SSSR count). The van der Waals surface area contributed by atoms with E-state index in [1.165, 1.54) is 12.1 Å². The molecule has 0 saturated carbocycles. The van der Waals surface area contributed by atoms with E-state index in [0.29, 0.717) is 0 Å². The van der Waals surface area contributed by atoms with Crippen molar-refractivity contribution in [3.8, 4) is 0 Å². The van der Waals surface area contributed by atoms with E-state index in [2.05, 4.69) is 5.32 Å². The predicted molar refractivity (Wildman–Crippen MR) is 91.4 cm³/mol. The molecule has 1 aromatic rings. The molecule has 0 heterocycles. The Hall–Kier alpha value is -2.62. The van der Waals surface area contributed by atoms with Crippen molar-refractivity contribution >= 4 is 35.2 Å². The highest BCUT2D eigenvalue weighted by molar-refractivity contribution is 8.00. The van der Waals surface area contributed by atoms with Crippen molar-refractivity contribution in [2.45, 2.75) is 31.2 Å². The van der Waals surface area contributed by atoms with Gasteiger partial charge in [0, 0.05) is 11.6 Å². The monoisotopic (exact) mass is 369 g/mol. The predicted octanol–water partition coefficient (Wildman–Crippen LogP) is 1.40. The van der Waals surface area contributed by atoms with Crippen molar-refractivity contribution in [3.63, 3.8) is 0 Å². The van der Waals surface area contributed by atoms with E-state index < -0.39 is 28.7 Å². The Bertz CT molecular complexity index is 692. The van der Waals surface area contributed by atoms with E-state index in [4.69, 9.17) is 10.8 Å². The first-order chi connectivity index (χ1) is 11.6. The highest BCUT2D eigenvalue weighted by Crippen LogP contribution is 2.30. The van der Waals surface area contributed by atoms with E-state index in [9.17, 15) is 24.5 Å². The maximum Gasteiger partial charge on any atom is 0.326 e. The normalized spacial score (nSPS) is 11.8. The number of nitrogens with zero attached hydrogens (tertiary/aromatic N) is 1. The molecular weight excluding hydrogens is 350 g/mol. The van der Waals surface area contributed by atoms with Crippen molar-refractivity contribution in [2.75, 3.05) is 5.75 Å². The molecule has 136 valence electrons. The minimum atomic E-state index is -1.14. The van der Waals surface area contributed by atoms with Crippen LogP contribution in [0.5, 0.6) is 0 Å². The van der Waals surface area contributed by atoms with Crippen LogP contribution in [0.25, 0.3) is 0 Å². The summed E-state index contributed by atoms with van der Waals surface area (Å²) >= 11 is 0.878. The van der Waals surface area contributed by atoms with Gasteiger partial charge < -0.3 is 16.2 Å². The van der Waals surface area contributed by atoms with Crippen LogP contribution in [0.4, 0.5) is 5.69 Å². The minimum Gasteiger partial charge on any atom is -0.480 e. The second-order valence-electron chi connectivity index (χ2n) is 5.68. The zero-order valence-corrected chi connectivity index (χ0v) is 14.5. The largest absolute Gasteiger partial charge is 0.480 e. The fourth-order valence-electron chi connectivity index (χ4n) is 2.01. The van der Waals surface area contributed by atoms with Crippen LogP contribution < -0.4 is 11.1 Å². The number of carboxylic acids is 1. The van der Waals surface area contributed by atoms with E-state index in [-0.39, 0.29) is 34.2 Å². The number of primary amides is 1. The van der Waals surface area contributed by atoms with Gasteiger partial charge in [-0.1, -0.05) is 13.8 Å². The van der Waals surface area contributed by atoms with Crippen LogP contribution in [0.15, 0.2) is 23.1 Å². The molecule has 10 heteroatoms. The zero-order valence-electron chi connectivity index (χ0n) is 13.7. The number of rotatable bonds is 9. The third-order valence-corrected chi connectivity index (χ3v) is 4.20. The molecule has 0 radical (unpaired) electrons. The molecule has 0 aliphatic carbocycles. The molecule has 0 saturated heterocycles. The minimum absolute atomic E-state index is 0.0108. The first kappa shape index (κ1) is 20.4. The van der Waals surface area contributed by atoms with Gasteiger partial charge in [0.2, 0.25) is 11.8 Å². The number of nitro benzene ring substituents is 1. The molecule has 2 amide bonds. The SMILES string of the molecule is CC(C)C[C@@H](NC(=O)CSc1ccc(C(N)=O)cc1[N+](=O)[O-])C(=O)O. The number of benzene rings is 1. The Morgan fingerprint density at radius 1 is 1.36 bits per heavy atom. The fraction of sp³-hybridized carbons (Fsp3) is 0.400. The average Bonchev–Trinajstić information content (AvgIpc) is 2.51. The smallest absolute Gasteiger partial charge is 0.326 e. The number of nitro groups is 1. The Morgan fingerprint density at radius 2 is 2.00 bits per heavy atom. The van der Waals surface area contributed by atoms with Crippen LogP contribution in [-0.4, -0.2) is 39.6 Å². The Balaban J connectivity index is 2.80. The van der Waals surface area contributed by atoms with Gasteiger partial charge in [0.1, 0.15) is 6.04 Å². The van der Waals surface area contributed by atoms with E-state index in [0.717, 1.165) is 17.8 Å². The van der Waals surface area contributed by atoms with E-state index in [1.807, 2.05) is 13.8 Å². The number of carboxylic acid groups (broad SMARTS) is 1. The number of nitrogens with one attached hydrogen (secondary N) is 1. The number of carbonyl (C=O) groups is 3. The van der Waals surface area contributed by atoms with Crippen molar-refractivity contribution < 1.29 is 24.4 Å². The molecule has 0 aliphatic rings. The maximum absolute atomic E-state index is 11.9. The van der Waals surface area contributed by atoms with Gasteiger partial charge in [0.15, 0.2) is 0 Å². The third kappa shape index (κ3) is 6.42. The molecule has 25 heavy (non-hydrogen) atoms. The van der Waals surface area contributed by atoms with Crippen LogP contribution >= 0.6 is 11.8 Å². The number of thioether (sulfide) groups is 1. The Morgan fingerprint density at radius 3 is 2.48 bits per heavy atom. The molecule has 1 atom stereocenters. The van der Waals surface area contributed by atoms with E-state index in [1.54, 1.807) is 0 Å². The molecule has 1 aromatic carbocycles. The van der Waals surface area contributed by atoms with Gasteiger partial charge in [0.25, 0.3) is 5.69 Å². The molecule has 0 bridgehead atoms. The standard InChI is InChI=1S/C15H19N3O6S/c1-8(2)5-10(15(21)22)17-13(19)7-25-12-4-3-9(14(16)20)6-11(12)18(23)24/h3-4,6,8,10H,5,7H2,1-2H3,(H2,16,20)(H,17,19)(H,21,22)/t10-/m1/s1. The lowest BCUT2D eigenvalue weighted by Gasteiger charge is -2.16. The lowest BCUT2D eigenvalue weighted by Crippen LogP contribution is -2.42. The molecule has 0 unspecified atom stereocenters. The second kappa shape index (κ2) is 9.02. The summed E-state index contributed by atoms with van der Waals surface area (Å²) in [7, 11) is 0. The van der Waals surface area contributed by atoms with Gasteiger partial charge in [-0.2, -0.15) is 0 Å². The number of aliphatic carboxylic acids is 1. The van der Waals surface area contributed by atoms with Gasteiger partial charge in [-0.3, -0.25) is 19.7 Å². The summed E-state index contributed by atoms with van der Waals surface area (Å²) in [6.45, 7) is 3.67. The van der Waals surface area contributed by atoms with Crippen LogP contribution in [0, 0.1) is 16.0 Å². The summed E-state index contributed by atoms with van der Waals surface area (Å²) in [5.41, 5.74) is 4.74. The highest BCUT2D eigenvalue weighted by Gasteiger charge is 2.22. The first-order valence-corrected chi connectivity index (χ1v) is 8.33. The second-order valence-corrected chi connectivity index (χ2v) is 6.70. The van der Waals surface area contributed by atoms with Gasteiger partial charge >= 0.3 is 5.97 Å². The topological polar surface area (TPSA) is 153 Å². The third-order valence-electron chi connectivity index (χ3n) is 3.14. The summed E-state index contributed by atoms with van der Waals surface area (Å²) in [4.78, 5) is 44.8. The van der Waals surface area contributed by atoms with Crippen molar-refractivity contribution in [1.82, 2.24) is 5.32 Å². The lowest BCUT2D eigenvalue weighted by molar-refractivity contribution is -0.387. The van der Waals surface area contributed by atoms with Gasteiger partial charge in [0.05, 0.1) is 15.6 Å². The lowest BCUT2D eigenvalue weighted by atomic mass is 10.0. The average molecular weight is 369 g/mol. The van der Waals surface area contributed by atoms with Crippen LogP contribution in [-0.2, 0) is 9.59 Å². The Labute approximate surface area is 148 Å². The van der Waals surface area contributed by atoms with Crippen molar-refractivity contribution in [2.24, 2.45) is 11.7 Å². The van der Waals surface area contributed by atoms with Crippen molar-refractivity contribution in [1.29, 1.82) is 0 Å². The molecular formula is C15H19N3O6S. The van der Waals surface area contributed by atoms with Crippen molar-refractivity contribution in [3.05, 3.63) is 33.9 Å². The molecule has 0 aliphatic heterocycles. The molecule has 4 N–H and O–H groups in total. The van der Waals surface area contributed by atoms with Crippen LogP contribution in [0.3, 0.4) is 0 Å². The summed E-state index contributed by atoms with van der Waals surface area (Å²) in [6.07, 6.45) is 0.277. The summed E-state index contributed by atoms with van der Waals surface area (Å²) in [5.74, 6) is -2.60. The number of amides is 2. The van der Waals surface area contributed by atoms with Gasteiger partial charge in [-0.05, 0) is 24.5 Å². The van der Waals surface area contributed by atoms with E-state index >= 15 is 0 Å². The molecule has 0 aromatic heterocycles. The summed E-state index contributed by atoms with van der Waals surface area (Å²) < 4.78 is 0. The molecule has 0 spiro atoms. The summed E-state index contributed by atoms with van der Waals surface area (Å²) in [5, 5.41) is 22.6. The maximum atomic E-state index is 11.9. The molecule has 9 nitrogen and oxygen atoms in total. The van der Waals surface area contributed by atoms with Gasteiger partial charge in [-0.25, -0.2) is 4.79 Å². The molecule has 0 fully saturated rings. The van der Waals surface area contributed by atoms with Gasteiger partial charge in [-0.15, -0.1) is 11.8 Å². The van der Waals surface area contributed by atoms with Crippen LogP contribution in [0.2, 0.25) is 0 Å². The zero-order chi connectivity index (χ0) is 19.1. The fourth-order valence-corrected chi connectivity index (χ4v) is 2.82. The van der Waals surface area contributed by atoms with Crippen LogP contribution in [0.1, 0.15) is 30.6 Å². The number of carbonyl (C=O) groups excluding carboxylic acids is 2. The number of hydrogen-bond acceptors (Lipinski definition) is 6. The highest BCUT2D eigenvalue weighted by atomic mass is 32.2. The number of hydrogen-bond donors (Lipinski definition) is 3. The number of nitrogens with two attached hydrogens (primary N) is 1. The summed E-state index contributed by atoms with van der Waals surface area (Å²) in [6, 6.07) is 2.69. The first-order valence-electron chi connectivity index (χ1n) is 7.35. The Kier molecular flexibility index (Phi) is 7.37.